The standard InChI is InChI=1S/C12H21N3OS2/c1-8(2)15-12(4,10(13)16)5-6-17-11-14-9(3)7-18-11/h7-8,15H,5-6H2,1-4H3,(H2,13,16). The third kappa shape index (κ3) is 4.59. The summed E-state index contributed by atoms with van der Waals surface area (Å²) < 4.78 is 1.05. The minimum absolute atomic E-state index is 0.231. The van der Waals surface area contributed by atoms with Gasteiger partial charge in [0, 0.05) is 22.9 Å². The molecule has 102 valence electrons. The zero-order chi connectivity index (χ0) is 13.8. The van der Waals surface area contributed by atoms with Crippen molar-refractivity contribution in [2.75, 3.05) is 5.75 Å². The molecule has 1 unspecified atom stereocenters. The molecule has 6 heteroatoms. The van der Waals surface area contributed by atoms with E-state index in [2.05, 4.69) is 10.3 Å². The van der Waals surface area contributed by atoms with Gasteiger partial charge in [-0.3, -0.25) is 4.79 Å². The topological polar surface area (TPSA) is 68.0 Å². The van der Waals surface area contributed by atoms with Gasteiger partial charge >= 0.3 is 0 Å². The van der Waals surface area contributed by atoms with Crippen LogP contribution in [0.3, 0.4) is 0 Å². The first kappa shape index (κ1) is 15.5. The summed E-state index contributed by atoms with van der Waals surface area (Å²) in [5.74, 6) is 0.527. The van der Waals surface area contributed by atoms with E-state index in [1.165, 1.54) is 0 Å². The van der Waals surface area contributed by atoms with E-state index in [1.54, 1.807) is 23.1 Å². The highest BCUT2D eigenvalue weighted by Crippen LogP contribution is 2.25. The highest BCUT2D eigenvalue weighted by molar-refractivity contribution is 8.01. The van der Waals surface area contributed by atoms with Crippen molar-refractivity contribution < 1.29 is 4.79 Å². The number of nitrogens with two attached hydrogens (primary N) is 1. The summed E-state index contributed by atoms with van der Waals surface area (Å²) in [6.07, 6.45) is 0.698. The number of thioether (sulfide) groups is 1. The van der Waals surface area contributed by atoms with E-state index in [1.807, 2.05) is 33.1 Å². The van der Waals surface area contributed by atoms with Crippen molar-refractivity contribution in [1.82, 2.24) is 10.3 Å². The number of aromatic nitrogens is 1. The van der Waals surface area contributed by atoms with Crippen LogP contribution in [0.1, 0.15) is 32.9 Å². The fourth-order valence-electron chi connectivity index (χ4n) is 1.64. The average Bonchev–Trinajstić information content (AvgIpc) is 2.63. The highest BCUT2D eigenvalue weighted by Gasteiger charge is 2.30. The molecule has 3 N–H and O–H groups in total. The van der Waals surface area contributed by atoms with E-state index in [-0.39, 0.29) is 11.9 Å². The summed E-state index contributed by atoms with van der Waals surface area (Å²) in [5, 5.41) is 5.27. The Labute approximate surface area is 117 Å². The molecule has 0 aliphatic heterocycles. The smallest absolute Gasteiger partial charge is 0.237 e. The van der Waals surface area contributed by atoms with Crippen molar-refractivity contribution in [1.29, 1.82) is 0 Å². The quantitative estimate of drug-likeness (QED) is 0.754. The molecule has 1 heterocycles. The Balaban J connectivity index is 2.50. The Morgan fingerprint density at radius 1 is 1.67 bits per heavy atom. The Morgan fingerprint density at radius 2 is 2.33 bits per heavy atom. The second kappa shape index (κ2) is 6.54. The maximum absolute atomic E-state index is 11.5. The van der Waals surface area contributed by atoms with E-state index >= 15 is 0 Å². The lowest BCUT2D eigenvalue weighted by Crippen LogP contribution is -2.55. The Morgan fingerprint density at radius 3 is 2.78 bits per heavy atom. The number of hydrogen-bond donors (Lipinski definition) is 2. The maximum Gasteiger partial charge on any atom is 0.237 e. The van der Waals surface area contributed by atoms with Crippen LogP contribution in [0.15, 0.2) is 9.72 Å². The lowest BCUT2D eigenvalue weighted by atomic mass is 9.97. The molecule has 0 aliphatic rings. The molecule has 0 fully saturated rings. The number of carbonyl (C=O) groups excluding carboxylic acids is 1. The van der Waals surface area contributed by atoms with Crippen LogP contribution in [-0.2, 0) is 4.79 Å². The van der Waals surface area contributed by atoms with Crippen LogP contribution in [0.2, 0.25) is 0 Å². The zero-order valence-electron chi connectivity index (χ0n) is 11.3. The summed E-state index contributed by atoms with van der Waals surface area (Å²) in [6.45, 7) is 7.87. The molecule has 0 saturated carbocycles. The van der Waals surface area contributed by atoms with Crippen molar-refractivity contribution >= 4 is 29.0 Å². The Hall–Kier alpha value is -0.590. The molecular formula is C12H21N3OS2. The molecule has 1 aromatic heterocycles. The van der Waals surface area contributed by atoms with Gasteiger partial charge in [0.25, 0.3) is 0 Å². The fourth-order valence-corrected chi connectivity index (χ4v) is 3.73. The molecule has 1 amide bonds. The van der Waals surface area contributed by atoms with Crippen LogP contribution in [0.5, 0.6) is 0 Å². The summed E-state index contributed by atoms with van der Waals surface area (Å²) in [7, 11) is 0. The van der Waals surface area contributed by atoms with Crippen molar-refractivity contribution in [3.05, 3.63) is 11.1 Å². The minimum atomic E-state index is -0.645. The van der Waals surface area contributed by atoms with Crippen LogP contribution in [-0.4, -0.2) is 28.2 Å². The first-order valence-corrected chi connectivity index (χ1v) is 7.82. The van der Waals surface area contributed by atoms with E-state index in [9.17, 15) is 4.79 Å². The fraction of sp³-hybridized carbons (Fsp3) is 0.667. The number of rotatable bonds is 7. The summed E-state index contributed by atoms with van der Waals surface area (Å²) in [4.78, 5) is 15.9. The van der Waals surface area contributed by atoms with Crippen molar-refractivity contribution in [2.45, 2.75) is 50.0 Å². The van der Waals surface area contributed by atoms with Gasteiger partial charge in [-0.1, -0.05) is 11.8 Å². The van der Waals surface area contributed by atoms with Crippen molar-refractivity contribution in [2.24, 2.45) is 5.73 Å². The molecule has 18 heavy (non-hydrogen) atoms. The second-order valence-corrected chi connectivity index (χ2v) is 7.05. The van der Waals surface area contributed by atoms with Gasteiger partial charge in [-0.15, -0.1) is 11.3 Å². The number of primary amides is 1. The molecule has 1 atom stereocenters. The van der Waals surface area contributed by atoms with Gasteiger partial charge in [-0.25, -0.2) is 4.98 Å². The minimum Gasteiger partial charge on any atom is -0.368 e. The summed E-state index contributed by atoms with van der Waals surface area (Å²) in [5.41, 5.74) is 5.88. The van der Waals surface area contributed by atoms with Crippen molar-refractivity contribution in [3.63, 3.8) is 0 Å². The van der Waals surface area contributed by atoms with Gasteiger partial charge in [0.05, 0.1) is 5.54 Å². The van der Waals surface area contributed by atoms with Gasteiger partial charge in [0.15, 0.2) is 0 Å². The molecule has 0 aromatic carbocycles. The lowest BCUT2D eigenvalue weighted by molar-refractivity contribution is -0.124. The number of aryl methyl sites for hydroxylation is 1. The molecular weight excluding hydrogens is 266 g/mol. The summed E-state index contributed by atoms with van der Waals surface area (Å²) >= 11 is 3.31. The number of carbonyl (C=O) groups is 1. The maximum atomic E-state index is 11.5. The van der Waals surface area contributed by atoms with Crippen molar-refractivity contribution in [3.8, 4) is 0 Å². The molecule has 4 nitrogen and oxygen atoms in total. The van der Waals surface area contributed by atoms with Crippen LogP contribution in [0.25, 0.3) is 0 Å². The van der Waals surface area contributed by atoms with Crippen LogP contribution >= 0.6 is 23.1 Å². The third-order valence-electron chi connectivity index (χ3n) is 2.58. The molecule has 0 aliphatic carbocycles. The third-order valence-corrected chi connectivity index (χ3v) is 4.72. The lowest BCUT2D eigenvalue weighted by Gasteiger charge is -2.29. The van der Waals surface area contributed by atoms with Gasteiger partial charge < -0.3 is 11.1 Å². The van der Waals surface area contributed by atoms with Gasteiger partial charge in [-0.2, -0.15) is 0 Å². The second-order valence-electron chi connectivity index (χ2n) is 4.85. The monoisotopic (exact) mass is 287 g/mol. The number of nitrogens with zero attached hydrogens (tertiary/aromatic N) is 1. The Kier molecular flexibility index (Phi) is 5.62. The molecule has 0 saturated heterocycles. The van der Waals surface area contributed by atoms with E-state index in [0.717, 1.165) is 15.8 Å². The molecule has 0 spiro atoms. The van der Waals surface area contributed by atoms with E-state index < -0.39 is 5.54 Å². The summed E-state index contributed by atoms with van der Waals surface area (Å²) in [6, 6.07) is 0.231. The highest BCUT2D eigenvalue weighted by atomic mass is 32.2. The molecule has 1 rings (SSSR count). The van der Waals surface area contributed by atoms with E-state index in [4.69, 9.17) is 5.73 Å². The van der Waals surface area contributed by atoms with Crippen LogP contribution in [0, 0.1) is 6.92 Å². The first-order chi connectivity index (χ1) is 8.33. The van der Waals surface area contributed by atoms with Gasteiger partial charge in [0.2, 0.25) is 5.91 Å². The Bertz CT molecular complexity index is 406. The SMILES string of the molecule is Cc1csc(SCCC(C)(NC(C)C)C(N)=O)n1. The molecule has 1 aromatic rings. The number of thiazole rings is 1. The number of amides is 1. The molecule has 0 bridgehead atoms. The van der Waals surface area contributed by atoms with Crippen LogP contribution < -0.4 is 11.1 Å². The van der Waals surface area contributed by atoms with Gasteiger partial charge in [-0.05, 0) is 34.1 Å². The predicted molar refractivity (Wildman–Crippen MR) is 78.1 cm³/mol. The predicted octanol–water partition coefficient (Wildman–Crippen LogP) is 2.18. The largest absolute Gasteiger partial charge is 0.368 e. The van der Waals surface area contributed by atoms with E-state index in [0.29, 0.717) is 6.42 Å². The first-order valence-electron chi connectivity index (χ1n) is 5.96. The number of hydrogen-bond acceptors (Lipinski definition) is 5. The number of nitrogens with one attached hydrogen (secondary N) is 1. The van der Waals surface area contributed by atoms with Crippen LogP contribution in [0.4, 0.5) is 0 Å². The molecule has 0 radical (unpaired) electrons. The zero-order valence-corrected chi connectivity index (χ0v) is 13.0. The normalized spacial score (nSPS) is 14.7. The average molecular weight is 287 g/mol. The van der Waals surface area contributed by atoms with Gasteiger partial charge in [0.1, 0.15) is 4.34 Å².